The number of fused-ring (bicyclic) bond motifs is 1. The molecular weight excluding hydrogens is 615 g/mol. The summed E-state index contributed by atoms with van der Waals surface area (Å²) >= 11 is 7.61. The molecule has 1 amide bonds. The van der Waals surface area contributed by atoms with Gasteiger partial charge in [0.25, 0.3) is 5.91 Å². The van der Waals surface area contributed by atoms with Crippen molar-refractivity contribution in [1.29, 1.82) is 5.26 Å². The van der Waals surface area contributed by atoms with Crippen LogP contribution >= 0.6 is 22.9 Å². The fraction of sp³-hybridized carbons (Fsp3) is 0.438. The van der Waals surface area contributed by atoms with Gasteiger partial charge in [0.15, 0.2) is 5.82 Å². The number of nitrogens with zero attached hydrogens (tertiary/aromatic N) is 6. The van der Waals surface area contributed by atoms with E-state index >= 15 is 0 Å². The molecule has 234 valence electrons. The summed E-state index contributed by atoms with van der Waals surface area (Å²) in [6, 6.07) is 10.4. The van der Waals surface area contributed by atoms with Gasteiger partial charge < -0.3 is 20.7 Å². The average Bonchev–Trinajstić information content (AvgIpc) is 3.55. The molecule has 1 aliphatic carbocycles. The summed E-state index contributed by atoms with van der Waals surface area (Å²) in [4.78, 5) is 22.9. The van der Waals surface area contributed by atoms with Crippen molar-refractivity contribution in [2.24, 2.45) is 5.41 Å². The second-order valence-corrected chi connectivity index (χ2v) is 14.5. The number of hydrogen-bond donors (Lipinski definition) is 2. The summed E-state index contributed by atoms with van der Waals surface area (Å²) in [5.41, 5.74) is 9.23. The molecule has 1 atom stereocenters. The summed E-state index contributed by atoms with van der Waals surface area (Å²) in [5.74, 6) is 0.0375. The van der Waals surface area contributed by atoms with Crippen LogP contribution in [0.25, 0.3) is 16.8 Å². The standard InChI is InChI=1S/C32H34ClFN8O2S/c1-18(2)41-15-32(16-41)11-22(12-32)44-26-10-27(33)45-29(26)31(43)39-21-4-3-7-40(14-21)25-9-24(42-28(25)30(36)37-17-38-42)19-5-6-20(13-35)23(34)8-19/h5-6,8-10,17-18,21-22H,3-4,7,11-12,14-16H2,1-2H3,(H,39,43)(H2,36,37,38)/t21-/m1/s1. The fourth-order valence-electron chi connectivity index (χ4n) is 7.02. The van der Waals surface area contributed by atoms with E-state index in [0.29, 0.717) is 49.7 Å². The minimum absolute atomic E-state index is 0.0304. The van der Waals surface area contributed by atoms with E-state index in [4.69, 9.17) is 27.3 Å². The summed E-state index contributed by atoms with van der Waals surface area (Å²) in [6.45, 7) is 7.95. The van der Waals surface area contributed by atoms with E-state index in [-0.39, 0.29) is 29.4 Å². The van der Waals surface area contributed by atoms with E-state index in [0.717, 1.165) is 51.0 Å². The second kappa shape index (κ2) is 11.5. The second-order valence-electron chi connectivity index (χ2n) is 12.8. The fourth-order valence-corrected chi connectivity index (χ4v) is 8.08. The number of aromatic nitrogens is 3. The van der Waals surface area contributed by atoms with Gasteiger partial charge in [0.2, 0.25) is 0 Å². The maximum absolute atomic E-state index is 14.5. The highest BCUT2D eigenvalue weighted by Gasteiger charge is 2.54. The van der Waals surface area contributed by atoms with Gasteiger partial charge in [-0.15, -0.1) is 11.3 Å². The van der Waals surface area contributed by atoms with Crippen LogP contribution in [-0.2, 0) is 0 Å². The first-order chi connectivity index (χ1) is 21.6. The third kappa shape index (κ3) is 5.47. The first-order valence-electron chi connectivity index (χ1n) is 15.2. The Morgan fingerprint density at radius 2 is 2.09 bits per heavy atom. The van der Waals surface area contributed by atoms with E-state index in [1.165, 1.54) is 29.8 Å². The lowest BCUT2D eigenvalue weighted by Gasteiger charge is -2.59. The summed E-state index contributed by atoms with van der Waals surface area (Å²) in [6.07, 6.45) is 5.09. The van der Waals surface area contributed by atoms with E-state index in [2.05, 4.69) is 39.0 Å². The van der Waals surface area contributed by atoms with Gasteiger partial charge in [-0.3, -0.25) is 9.69 Å². The van der Waals surface area contributed by atoms with Crippen LogP contribution < -0.4 is 20.7 Å². The molecule has 3 aromatic heterocycles. The number of halogens is 2. The van der Waals surface area contributed by atoms with Gasteiger partial charge in [-0.05, 0) is 57.7 Å². The van der Waals surface area contributed by atoms with E-state index in [1.807, 2.05) is 12.1 Å². The van der Waals surface area contributed by atoms with Crippen molar-refractivity contribution in [2.75, 3.05) is 36.8 Å². The number of ether oxygens (including phenoxy) is 1. The van der Waals surface area contributed by atoms with Crippen LogP contribution in [0, 0.1) is 22.6 Å². The van der Waals surface area contributed by atoms with Gasteiger partial charge >= 0.3 is 0 Å². The maximum atomic E-state index is 14.5. The lowest BCUT2D eigenvalue weighted by Crippen LogP contribution is -2.66. The van der Waals surface area contributed by atoms with Crippen molar-refractivity contribution in [3.05, 3.63) is 57.3 Å². The lowest BCUT2D eigenvalue weighted by molar-refractivity contribution is -0.129. The number of nitrogen functional groups attached to an aromatic ring is 1. The Morgan fingerprint density at radius 3 is 2.82 bits per heavy atom. The highest BCUT2D eigenvalue weighted by Crippen LogP contribution is 2.51. The van der Waals surface area contributed by atoms with Gasteiger partial charge in [-0.25, -0.2) is 13.9 Å². The molecule has 45 heavy (non-hydrogen) atoms. The Balaban J connectivity index is 1.06. The monoisotopic (exact) mass is 648 g/mol. The number of hydrogen-bond acceptors (Lipinski definition) is 9. The summed E-state index contributed by atoms with van der Waals surface area (Å²) in [5, 5.41) is 16.8. The van der Waals surface area contributed by atoms with Crippen molar-refractivity contribution in [3.63, 3.8) is 0 Å². The normalized spacial score (nSPS) is 19.8. The van der Waals surface area contributed by atoms with Gasteiger partial charge in [0, 0.05) is 55.3 Å². The van der Waals surface area contributed by atoms with Gasteiger partial charge in [-0.2, -0.15) is 10.4 Å². The number of anilines is 2. The first-order valence-corrected chi connectivity index (χ1v) is 16.4. The minimum atomic E-state index is -0.607. The topological polar surface area (TPSA) is 125 Å². The molecule has 4 aromatic rings. The molecule has 1 spiro atoms. The molecule has 1 aromatic carbocycles. The number of amides is 1. The predicted molar refractivity (Wildman–Crippen MR) is 172 cm³/mol. The van der Waals surface area contributed by atoms with Crippen LogP contribution in [0.2, 0.25) is 4.34 Å². The number of rotatable bonds is 7. The Morgan fingerprint density at radius 1 is 1.29 bits per heavy atom. The summed E-state index contributed by atoms with van der Waals surface area (Å²) < 4.78 is 23.0. The molecule has 10 nitrogen and oxygen atoms in total. The number of thiophene rings is 1. The lowest BCUT2D eigenvalue weighted by atomic mass is 9.61. The molecule has 0 radical (unpaired) electrons. The van der Waals surface area contributed by atoms with Crippen LogP contribution in [0.15, 0.2) is 36.7 Å². The number of carbonyl (C=O) groups is 1. The molecule has 0 unspecified atom stereocenters. The molecule has 2 saturated heterocycles. The highest BCUT2D eigenvalue weighted by atomic mass is 35.5. The molecule has 3 N–H and O–H groups in total. The third-order valence-electron chi connectivity index (χ3n) is 9.34. The summed E-state index contributed by atoms with van der Waals surface area (Å²) in [7, 11) is 0. The zero-order valence-corrected chi connectivity index (χ0v) is 26.7. The van der Waals surface area contributed by atoms with Crippen LogP contribution in [0.1, 0.15) is 54.8 Å². The molecule has 1 saturated carbocycles. The highest BCUT2D eigenvalue weighted by molar-refractivity contribution is 7.18. The number of benzene rings is 1. The number of piperidine rings is 1. The van der Waals surface area contributed by atoms with Crippen LogP contribution in [0.4, 0.5) is 15.9 Å². The molecule has 7 rings (SSSR count). The average molecular weight is 649 g/mol. The molecule has 0 bridgehead atoms. The van der Waals surface area contributed by atoms with Crippen molar-refractivity contribution >= 4 is 45.9 Å². The van der Waals surface area contributed by atoms with Crippen LogP contribution in [0.5, 0.6) is 5.75 Å². The van der Waals surface area contributed by atoms with Gasteiger partial charge in [0.05, 0.1) is 21.3 Å². The van der Waals surface area contributed by atoms with Crippen LogP contribution in [-0.4, -0.2) is 69.8 Å². The van der Waals surface area contributed by atoms with E-state index in [9.17, 15) is 9.18 Å². The Kier molecular flexibility index (Phi) is 7.58. The quantitative estimate of drug-likeness (QED) is 0.275. The Labute approximate surface area is 269 Å². The molecule has 13 heteroatoms. The van der Waals surface area contributed by atoms with Gasteiger partial charge in [-0.1, -0.05) is 17.7 Å². The third-order valence-corrected chi connectivity index (χ3v) is 10.6. The number of likely N-dealkylation sites (tertiary alicyclic amines) is 1. The predicted octanol–water partition coefficient (Wildman–Crippen LogP) is 5.35. The minimum Gasteiger partial charge on any atom is -0.489 e. The van der Waals surface area contributed by atoms with Crippen molar-refractivity contribution in [2.45, 2.75) is 57.7 Å². The number of carbonyl (C=O) groups excluding carboxylic acids is 1. The van der Waals surface area contributed by atoms with Crippen molar-refractivity contribution in [1.82, 2.24) is 24.8 Å². The Hall–Kier alpha value is -3.92. The van der Waals surface area contributed by atoms with Gasteiger partial charge in [0.1, 0.15) is 40.5 Å². The number of nitrogens with two attached hydrogens (primary N) is 1. The Bertz CT molecular complexity index is 1820. The SMILES string of the molecule is CC(C)N1CC2(CC(Oc3cc(Cl)sc3C(=O)N[C@@H]3CCCN(c4cc(-c5ccc(C#N)c(F)c5)n5ncnc(N)c45)C3)C2)C1. The zero-order chi connectivity index (χ0) is 31.5. The number of nitriles is 1. The van der Waals surface area contributed by atoms with E-state index < -0.39 is 5.82 Å². The largest absolute Gasteiger partial charge is 0.489 e. The molecule has 3 fully saturated rings. The molecule has 5 heterocycles. The smallest absolute Gasteiger partial charge is 0.265 e. The zero-order valence-electron chi connectivity index (χ0n) is 25.1. The number of nitrogens with one attached hydrogen (secondary N) is 1. The van der Waals surface area contributed by atoms with Crippen molar-refractivity contribution in [3.8, 4) is 23.1 Å². The molecule has 2 aliphatic heterocycles. The van der Waals surface area contributed by atoms with Crippen LogP contribution in [0.3, 0.4) is 0 Å². The molecular formula is C32H34ClFN8O2S. The molecule has 3 aliphatic rings. The first kappa shape index (κ1) is 29.8. The van der Waals surface area contributed by atoms with E-state index in [1.54, 1.807) is 16.6 Å². The van der Waals surface area contributed by atoms with Crippen molar-refractivity contribution < 1.29 is 13.9 Å². The maximum Gasteiger partial charge on any atom is 0.265 e.